The summed E-state index contributed by atoms with van der Waals surface area (Å²) in [7, 11) is 1.68. The van der Waals surface area contributed by atoms with Crippen LogP contribution in [0, 0.1) is 12.5 Å². The van der Waals surface area contributed by atoms with Gasteiger partial charge in [-0.2, -0.15) is 0 Å². The highest BCUT2D eigenvalue weighted by atomic mass is 16.1. The van der Waals surface area contributed by atoms with Gasteiger partial charge >= 0.3 is 0 Å². The van der Waals surface area contributed by atoms with E-state index in [0.29, 0.717) is 18.0 Å². The molecule has 1 radical (unpaired) electrons. The number of carbonyl (C=O) groups is 1. The maximum atomic E-state index is 12.0. The summed E-state index contributed by atoms with van der Waals surface area (Å²) >= 11 is 0. The number of hydrogen-bond donors (Lipinski definition) is 1. The van der Waals surface area contributed by atoms with E-state index in [9.17, 15) is 4.79 Å². The van der Waals surface area contributed by atoms with Crippen molar-refractivity contribution in [2.75, 3.05) is 13.6 Å². The van der Waals surface area contributed by atoms with E-state index in [1.807, 2.05) is 12.2 Å². The lowest BCUT2D eigenvalue weighted by Crippen LogP contribution is -2.25. The summed E-state index contributed by atoms with van der Waals surface area (Å²) in [5.74, 6) is 0.325. The number of azo groups is 2. The van der Waals surface area contributed by atoms with Crippen molar-refractivity contribution in [3.63, 3.8) is 0 Å². The van der Waals surface area contributed by atoms with Crippen molar-refractivity contribution in [3.05, 3.63) is 54.9 Å². The molecule has 0 saturated heterocycles. The van der Waals surface area contributed by atoms with E-state index in [4.69, 9.17) is 0 Å². The first-order valence-corrected chi connectivity index (χ1v) is 6.83. The molecule has 0 saturated carbocycles. The molecule has 1 aliphatic heterocycles. The quantitative estimate of drug-likeness (QED) is 0.332. The van der Waals surface area contributed by atoms with Gasteiger partial charge in [0.2, 0.25) is 0 Å². The Morgan fingerprint density at radius 2 is 2.33 bits per heavy atom. The van der Waals surface area contributed by atoms with Crippen molar-refractivity contribution in [2.45, 2.75) is 13.8 Å². The number of carbonyl (C=O) groups excluding carboxylic acids is 1. The Hall–Kier alpha value is -2.30. The van der Waals surface area contributed by atoms with Crippen molar-refractivity contribution in [2.24, 2.45) is 16.0 Å². The Kier molecular flexibility index (Phi) is 7.01. The van der Waals surface area contributed by atoms with Crippen molar-refractivity contribution >= 4 is 12.1 Å². The van der Waals surface area contributed by atoms with Gasteiger partial charge in [0.15, 0.2) is 0 Å². The summed E-state index contributed by atoms with van der Waals surface area (Å²) in [6, 6.07) is 0. The first kappa shape index (κ1) is 16.8. The van der Waals surface area contributed by atoms with Gasteiger partial charge in [0.25, 0.3) is 18.1 Å². The van der Waals surface area contributed by atoms with Gasteiger partial charge in [0.05, 0.1) is 6.21 Å². The fourth-order valence-corrected chi connectivity index (χ4v) is 1.61. The lowest BCUT2D eigenvalue weighted by molar-refractivity contribution is -0.482. The summed E-state index contributed by atoms with van der Waals surface area (Å²) in [5.41, 5.74) is 1.25. The molecule has 21 heavy (non-hydrogen) atoms. The minimum atomic E-state index is -0.152. The molecule has 0 unspecified atom stereocenters. The Bertz CT molecular complexity index is 536. The van der Waals surface area contributed by atoms with Crippen LogP contribution in [0.3, 0.4) is 0 Å². The highest BCUT2D eigenvalue weighted by Crippen LogP contribution is 2.14. The first-order chi connectivity index (χ1) is 10.1. The third-order valence-corrected chi connectivity index (χ3v) is 2.56. The number of amides is 1. The van der Waals surface area contributed by atoms with Crippen LogP contribution in [-0.4, -0.2) is 30.4 Å². The zero-order valence-electron chi connectivity index (χ0n) is 12.8. The minimum Gasteiger partial charge on any atom is -0.349 e. The monoisotopic (exact) mass is 286 g/mol. The number of rotatable bonds is 7. The molecule has 1 heterocycles. The third kappa shape index (κ3) is 5.69. The van der Waals surface area contributed by atoms with Gasteiger partial charge in [-0.3, -0.25) is 9.79 Å². The van der Waals surface area contributed by atoms with Crippen LogP contribution in [0.1, 0.15) is 13.8 Å². The predicted molar refractivity (Wildman–Crippen MR) is 84.8 cm³/mol. The Morgan fingerprint density at radius 1 is 1.57 bits per heavy atom. The lowest BCUT2D eigenvalue weighted by Gasteiger charge is -2.00. The van der Waals surface area contributed by atoms with E-state index in [0.717, 1.165) is 5.70 Å². The summed E-state index contributed by atoms with van der Waals surface area (Å²) in [4.78, 5) is 15.9. The molecule has 5 heteroatoms. The van der Waals surface area contributed by atoms with Gasteiger partial charge in [0, 0.05) is 19.7 Å². The average Bonchev–Trinajstić information content (AvgIpc) is 2.92. The Morgan fingerprint density at radius 3 is 2.95 bits per heavy atom. The van der Waals surface area contributed by atoms with E-state index in [-0.39, 0.29) is 5.91 Å². The third-order valence-electron chi connectivity index (χ3n) is 2.56. The Labute approximate surface area is 126 Å². The first-order valence-electron chi connectivity index (χ1n) is 6.83. The van der Waals surface area contributed by atoms with Crippen molar-refractivity contribution in [1.29, 1.82) is 0 Å². The van der Waals surface area contributed by atoms with Crippen molar-refractivity contribution in [3.8, 4) is 0 Å². The normalized spacial score (nSPS) is 15.7. The van der Waals surface area contributed by atoms with Crippen LogP contribution in [0.5, 0.6) is 0 Å². The fourth-order valence-electron chi connectivity index (χ4n) is 1.61. The minimum absolute atomic E-state index is 0.152. The van der Waals surface area contributed by atoms with Crippen LogP contribution < -0.4 is 5.32 Å². The highest BCUT2D eigenvalue weighted by Gasteiger charge is 2.26. The maximum Gasteiger partial charge on any atom is 0.284 e. The molecule has 0 aromatic carbocycles. The molecule has 0 fully saturated rings. The molecule has 1 aliphatic rings. The van der Waals surface area contributed by atoms with Crippen LogP contribution in [0.4, 0.5) is 0 Å². The number of nitrogens with one attached hydrogen (secondary N) is 1. The standard InChI is InChI=1S/C16H22N4O/c1-5-7-15(11-17-4)20-12-14(10-19-20)16(21)18-9-6-8-13(2)3/h5-8,10-13H,1,9H2,2-4H3,(H,18,21)/q+1/b8-6+,15-7+,17-11?. The predicted octanol–water partition coefficient (Wildman–Crippen LogP) is 2.61. The molecule has 1 amide bonds. The molecule has 0 aromatic rings. The fraction of sp³-hybridized carbons (Fsp3) is 0.312. The zero-order chi connectivity index (χ0) is 15.7. The molecule has 5 nitrogen and oxygen atoms in total. The molecule has 1 rings (SSSR count). The van der Waals surface area contributed by atoms with Crippen LogP contribution in [-0.2, 0) is 4.79 Å². The van der Waals surface area contributed by atoms with Gasteiger partial charge in [-0.05, 0) is 11.0 Å². The average molecular weight is 286 g/mol. The van der Waals surface area contributed by atoms with Crippen LogP contribution >= 0.6 is 0 Å². The van der Waals surface area contributed by atoms with Gasteiger partial charge in [-0.15, -0.1) is 0 Å². The molecule has 0 atom stereocenters. The summed E-state index contributed by atoms with van der Waals surface area (Å²) < 4.78 is 1.59. The summed E-state index contributed by atoms with van der Waals surface area (Å²) in [6.07, 6.45) is 10.6. The molecule has 0 bridgehead atoms. The Balaban J connectivity index is 2.54. The van der Waals surface area contributed by atoms with E-state index >= 15 is 0 Å². The topological polar surface area (TPSA) is 56.8 Å². The van der Waals surface area contributed by atoms with Crippen LogP contribution in [0.2, 0.25) is 0 Å². The van der Waals surface area contributed by atoms with Gasteiger partial charge in [-0.25, -0.2) is 0 Å². The van der Waals surface area contributed by atoms with Crippen molar-refractivity contribution < 1.29 is 9.49 Å². The number of hydrogen-bond acceptors (Lipinski definition) is 3. The van der Waals surface area contributed by atoms with Crippen LogP contribution in [0.25, 0.3) is 0 Å². The molecule has 1 N–H and O–H groups in total. The van der Waals surface area contributed by atoms with E-state index < -0.39 is 0 Å². The van der Waals surface area contributed by atoms with E-state index in [1.54, 1.807) is 36.7 Å². The van der Waals surface area contributed by atoms with Gasteiger partial charge in [-0.1, -0.05) is 43.4 Å². The largest absolute Gasteiger partial charge is 0.349 e. The molecular formula is C16H22N4O+. The molecule has 0 aromatic heterocycles. The lowest BCUT2D eigenvalue weighted by atomic mass is 10.2. The zero-order valence-corrected chi connectivity index (χ0v) is 12.8. The second kappa shape index (κ2) is 8.79. The smallest absolute Gasteiger partial charge is 0.284 e. The second-order valence-corrected chi connectivity index (χ2v) is 4.77. The number of allylic oxidation sites excluding steroid dienone is 4. The molecule has 0 aliphatic carbocycles. The van der Waals surface area contributed by atoms with E-state index in [1.165, 1.54) is 6.20 Å². The van der Waals surface area contributed by atoms with Crippen molar-refractivity contribution in [1.82, 2.24) is 5.32 Å². The summed E-state index contributed by atoms with van der Waals surface area (Å²) in [6.45, 7) is 10.00. The molecule has 111 valence electrons. The van der Waals surface area contributed by atoms with E-state index in [2.05, 4.69) is 35.8 Å². The SMILES string of the molecule is C=C/C=C(\C=NC)[N+]1=NC=C(C(=O)NC/C=C/C(C)C)[CH]1. The number of aliphatic imine (C=N–C) groups is 1. The molecular weight excluding hydrogens is 264 g/mol. The highest BCUT2D eigenvalue weighted by molar-refractivity contribution is 5.95. The van der Waals surface area contributed by atoms with Crippen LogP contribution in [0.15, 0.2) is 58.5 Å². The van der Waals surface area contributed by atoms with Gasteiger partial charge < -0.3 is 5.32 Å². The van der Waals surface area contributed by atoms with Gasteiger partial charge in [0.1, 0.15) is 11.8 Å². The molecule has 0 spiro atoms. The maximum absolute atomic E-state index is 12.0. The number of nitrogens with zero attached hydrogens (tertiary/aromatic N) is 3. The second-order valence-electron chi connectivity index (χ2n) is 4.77. The summed E-state index contributed by atoms with van der Waals surface area (Å²) in [5, 5.41) is 6.98.